The minimum Gasteiger partial charge on any atom is -0.469 e. The SMILES string of the molecule is COC(=O)[C@@H]1[C@H]2CC[C@H](C2)[C@@H]1N.Cl. The third kappa shape index (κ3) is 1.55. The summed E-state index contributed by atoms with van der Waals surface area (Å²) in [4.78, 5) is 11.3. The second kappa shape index (κ2) is 3.84. The smallest absolute Gasteiger partial charge is 0.310 e. The van der Waals surface area contributed by atoms with Crippen LogP contribution in [0.4, 0.5) is 0 Å². The number of fused-ring (bicyclic) bond motifs is 2. The van der Waals surface area contributed by atoms with Crippen molar-refractivity contribution in [3.05, 3.63) is 0 Å². The van der Waals surface area contributed by atoms with E-state index in [1.165, 1.54) is 13.5 Å². The Balaban J connectivity index is 0.000000845. The number of hydrogen-bond donors (Lipinski definition) is 1. The van der Waals surface area contributed by atoms with Crippen LogP contribution in [0.3, 0.4) is 0 Å². The van der Waals surface area contributed by atoms with Gasteiger partial charge in [-0.05, 0) is 31.1 Å². The van der Waals surface area contributed by atoms with Crippen molar-refractivity contribution in [2.45, 2.75) is 25.3 Å². The van der Waals surface area contributed by atoms with E-state index in [4.69, 9.17) is 10.5 Å². The van der Waals surface area contributed by atoms with Crippen molar-refractivity contribution in [2.24, 2.45) is 23.5 Å². The molecule has 2 saturated carbocycles. The fourth-order valence-electron chi connectivity index (χ4n) is 2.82. The lowest BCUT2D eigenvalue weighted by molar-refractivity contribution is -0.147. The Labute approximate surface area is 84.4 Å². The third-order valence-corrected chi connectivity index (χ3v) is 3.45. The first-order valence-corrected chi connectivity index (χ1v) is 4.57. The zero-order valence-corrected chi connectivity index (χ0v) is 8.55. The van der Waals surface area contributed by atoms with Crippen LogP contribution in [0.25, 0.3) is 0 Å². The van der Waals surface area contributed by atoms with Gasteiger partial charge in [0.2, 0.25) is 0 Å². The number of methoxy groups -OCH3 is 1. The van der Waals surface area contributed by atoms with Gasteiger partial charge < -0.3 is 10.5 Å². The molecule has 0 saturated heterocycles. The zero-order chi connectivity index (χ0) is 8.72. The fraction of sp³-hybridized carbons (Fsp3) is 0.889. The molecule has 2 aliphatic carbocycles. The molecule has 0 amide bonds. The number of rotatable bonds is 1. The summed E-state index contributed by atoms with van der Waals surface area (Å²) in [5, 5.41) is 0. The van der Waals surface area contributed by atoms with Gasteiger partial charge in [0.25, 0.3) is 0 Å². The van der Waals surface area contributed by atoms with Gasteiger partial charge in [-0.2, -0.15) is 0 Å². The molecule has 0 aliphatic heterocycles. The van der Waals surface area contributed by atoms with Crippen LogP contribution < -0.4 is 5.73 Å². The summed E-state index contributed by atoms with van der Waals surface area (Å²) in [7, 11) is 1.45. The van der Waals surface area contributed by atoms with E-state index in [9.17, 15) is 4.79 Å². The normalized spacial score (nSPS) is 41.4. The summed E-state index contributed by atoms with van der Waals surface area (Å²) >= 11 is 0. The summed E-state index contributed by atoms with van der Waals surface area (Å²) < 4.78 is 4.74. The van der Waals surface area contributed by atoms with Crippen LogP contribution in [0.2, 0.25) is 0 Å². The van der Waals surface area contributed by atoms with E-state index in [0.29, 0.717) is 11.8 Å². The van der Waals surface area contributed by atoms with Crippen LogP contribution in [0.5, 0.6) is 0 Å². The predicted octanol–water partition coefficient (Wildman–Crippen LogP) is 0.955. The number of carbonyl (C=O) groups excluding carboxylic acids is 1. The third-order valence-electron chi connectivity index (χ3n) is 3.45. The average Bonchev–Trinajstić information content (AvgIpc) is 2.63. The van der Waals surface area contributed by atoms with Gasteiger partial charge in [0.1, 0.15) is 0 Å². The van der Waals surface area contributed by atoms with Gasteiger partial charge >= 0.3 is 5.97 Å². The average molecular weight is 206 g/mol. The molecule has 2 aliphatic rings. The Morgan fingerprint density at radius 2 is 2.00 bits per heavy atom. The predicted molar refractivity (Wildman–Crippen MR) is 51.6 cm³/mol. The molecule has 0 aromatic carbocycles. The van der Waals surface area contributed by atoms with E-state index >= 15 is 0 Å². The Hall–Kier alpha value is -0.280. The maximum atomic E-state index is 11.3. The zero-order valence-electron chi connectivity index (χ0n) is 7.73. The summed E-state index contributed by atoms with van der Waals surface area (Å²) in [5.74, 6) is 0.986. The first-order valence-electron chi connectivity index (χ1n) is 4.57. The Morgan fingerprint density at radius 1 is 1.38 bits per heavy atom. The number of hydrogen-bond acceptors (Lipinski definition) is 3. The van der Waals surface area contributed by atoms with Crippen molar-refractivity contribution in [3.8, 4) is 0 Å². The highest BCUT2D eigenvalue weighted by Crippen LogP contribution is 2.47. The Bertz CT molecular complexity index is 208. The van der Waals surface area contributed by atoms with Gasteiger partial charge in [0.05, 0.1) is 13.0 Å². The first-order chi connectivity index (χ1) is 5.74. The molecule has 4 atom stereocenters. The van der Waals surface area contributed by atoms with Gasteiger partial charge in [-0.15, -0.1) is 12.4 Å². The van der Waals surface area contributed by atoms with Gasteiger partial charge in [0, 0.05) is 6.04 Å². The lowest BCUT2D eigenvalue weighted by Crippen LogP contribution is -2.40. The van der Waals surface area contributed by atoms with Gasteiger partial charge in [-0.25, -0.2) is 0 Å². The minimum atomic E-state index is -0.102. The number of ether oxygens (including phenoxy) is 1. The second-order valence-electron chi connectivity index (χ2n) is 3.96. The molecule has 3 nitrogen and oxygen atoms in total. The van der Waals surface area contributed by atoms with Crippen LogP contribution in [0, 0.1) is 17.8 Å². The van der Waals surface area contributed by atoms with Crippen molar-refractivity contribution in [3.63, 3.8) is 0 Å². The minimum absolute atomic E-state index is 0. The van der Waals surface area contributed by atoms with Crippen molar-refractivity contribution in [2.75, 3.05) is 7.11 Å². The van der Waals surface area contributed by atoms with Crippen molar-refractivity contribution in [1.29, 1.82) is 0 Å². The quantitative estimate of drug-likeness (QED) is 0.649. The summed E-state index contributed by atoms with van der Waals surface area (Å²) in [6.45, 7) is 0. The van der Waals surface area contributed by atoms with Crippen molar-refractivity contribution < 1.29 is 9.53 Å². The molecular formula is C9H16ClNO2. The lowest BCUT2D eigenvalue weighted by Gasteiger charge is -2.25. The van der Waals surface area contributed by atoms with E-state index in [-0.39, 0.29) is 30.3 Å². The number of carbonyl (C=O) groups is 1. The molecule has 0 radical (unpaired) electrons. The van der Waals surface area contributed by atoms with E-state index in [0.717, 1.165) is 12.8 Å². The molecule has 2 bridgehead atoms. The van der Waals surface area contributed by atoms with Crippen LogP contribution in [-0.2, 0) is 9.53 Å². The van der Waals surface area contributed by atoms with Gasteiger partial charge in [0.15, 0.2) is 0 Å². The Kier molecular flexibility index (Phi) is 3.19. The summed E-state index contributed by atoms with van der Waals surface area (Å²) in [5.41, 5.74) is 5.94. The molecule has 4 heteroatoms. The summed E-state index contributed by atoms with van der Waals surface area (Å²) in [6.07, 6.45) is 3.51. The maximum absolute atomic E-state index is 11.3. The molecular weight excluding hydrogens is 190 g/mol. The number of halogens is 1. The number of nitrogens with two attached hydrogens (primary N) is 1. The van der Waals surface area contributed by atoms with E-state index < -0.39 is 0 Å². The molecule has 2 N–H and O–H groups in total. The molecule has 2 fully saturated rings. The highest BCUT2D eigenvalue weighted by atomic mass is 35.5. The van der Waals surface area contributed by atoms with E-state index in [1.807, 2.05) is 0 Å². The molecule has 2 rings (SSSR count). The van der Waals surface area contributed by atoms with Crippen LogP contribution in [0.15, 0.2) is 0 Å². The molecule has 0 heterocycles. The van der Waals surface area contributed by atoms with E-state index in [1.54, 1.807) is 0 Å². The monoisotopic (exact) mass is 205 g/mol. The van der Waals surface area contributed by atoms with Crippen molar-refractivity contribution >= 4 is 18.4 Å². The van der Waals surface area contributed by atoms with Crippen LogP contribution in [-0.4, -0.2) is 19.1 Å². The molecule has 76 valence electrons. The standard InChI is InChI=1S/C9H15NO2.ClH/c1-12-9(11)7-5-2-3-6(4-5)8(7)10;/h5-8H,2-4,10H2,1H3;1H/t5-,6+,7+,8-;/m0./s1. The number of esters is 1. The summed E-state index contributed by atoms with van der Waals surface area (Å²) in [6, 6.07) is 0.0659. The van der Waals surface area contributed by atoms with Gasteiger partial charge in [-0.3, -0.25) is 4.79 Å². The largest absolute Gasteiger partial charge is 0.469 e. The van der Waals surface area contributed by atoms with E-state index in [2.05, 4.69) is 0 Å². The molecule has 13 heavy (non-hydrogen) atoms. The molecule has 0 aromatic heterocycles. The molecule has 0 aromatic rings. The second-order valence-corrected chi connectivity index (χ2v) is 3.96. The molecule has 0 spiro atoms. The Morgan fingerprint density at radius 3 is 2.46 bits per heavy atom. The highest BCUT2D eigenvalue weighted by Gasteiger charge is 2.49. The van der Waals surface area contributed by atoms with Crippen LogP contribution in [0.1, 0.15) is 19.3 Å². The van der Waals surface area contributed by atoms with Crippen LogP contribution >= 0.6 is 12.4 Å². The topological polar surface area (TPSA) is 52.3 Å². The highest BCUT2D eigenvalue weighted by molar-refractivity contribution is 5.85. The maximum Gasteiger partial charge on any atom is 0.310 e. The van der Waals surface area contributed by atoms with Gasteiger partial charge in [-0.1, -0.05) is 0 Å². The van der Waals surface area contributed by atoms with Crippen molar-refractivity contribution in [1.82, 2.24) is 0 Å². The lowest BCUT2D eigenvalue weighted by atomic mass is 9.85. The fourth-order valence-corrected chi connectivity index (χ4v) is 2.82. The first kappa shape index (κ1) is 10.8. The molecule has 0 unspecified atom stereocenters.